The molecule has 0 amide bonds. The van der Waals surface area contributed by atoms with E-state index < -0.39 is 53.4 Å². The molecular weight excluding hydrogens is 444 g/mol. The van der Waals surface area contributed by atoms with E-state index in [2.05, 4.69) is 0 Å². The van der Waals surface area contributed by atoms with Gasteiger partial charge in [0.15, 0.2) is 24.0 Å². The Morgan fingerprint density at radius 3 is 2.41 bits per heavy atom. The number of carbonyl (C=O) groups excluding carboxylic acids is 2. The predicted molar refractivity (Wildman–Crippen MR) is 122 cm³/mol. The van der Waals surface area contributed by atoms with Crippen molar-refractivity contribution in [1.82, 2.24) is 0 Å². The molecule has 190 valence electrons. The number of hydrogen-bond donors (Lipinski definition) is 4. The highest BCUT2D eigenvalue weighted by atomic mass is 16.7. The Labute approximate surface area is 199 Å². The summed E-state index contributed by atoms with van der Waals surface area (Å²) < 4.78 is 16.8. The van der Waals surface area contributed by atoms with Crippen LogP contribution < -0.4 is 0 Å². The number of benzene rings is 1. The summed E-state index contributed by atoms with van der Waals surface area (Å²) in [5.74, 6) is -2.47. The van der Waals surface area contributed by atoms with Gasteiger partial charge in [0.25, 0.3) is 0 Å². The molecule has 3 rings (SSSR count). The monoisotopic (exact) mass is 480 g/mol. The van der Waals surface area contributed by atoms with Gasteiger partial charge in [-0.1, -0.05) is 34.1 Å². The molecule has 7 atom stereocenters. The number of ketones is 1. The molecule has 0 aromatic heterocycles. The van der Waals surface area contributed by atoms with E-state index in [9.17, 15) is 30.0 Å². The molecule has 0 radical (unpaired) electrons. The van der Waals surface area contributed by atoms with Crippen LogP contribution in [0.4, 0.5) is 0 Å². The summed E-state index contributed by atoms with van der Waals surface area (Å²) in [6.07, 6.45) is -2.25. The van der Waals surface area contributed by atoms with Crippen molar-refractivity contribution in [2.24, 2.45) is 11.8 Å². The molecule has 1 aromatic rings. The number of aliphatic hydroxyl groups is 2. The smallest absolute Gasteiger partial charge is 0.189 e. The van der Waals surface area contributed by atoms with Crippen molar-refractivity contribution in [2.45, 2.75) is 89.7 Å². The SMILES string of the molecule is CCCC(C(=O)c1cc(C(OC)C(C)C)c(O)c(C=O)c1O)C1CC(O)C2(OC2CC)C(O)O1. The Morgan fingerprint density at radius 1 is 1.26 bits per heavy atom. The van der Waals surface area contributed by atoms with Crippen molar-refractivity contribution in [1.29, 1.82) is 0 Å². The second kappa shape index (κ2) is 10.3. The van der Waals surface area contributed by atoms with Crippen LogP contribution in [0.1, 0.15) is 85.8 Å². The first kappa shape index (κ1) is 26.6. The third-order valence-electron chi connectivity index (χ3n) is 7.10. The molecule has 0 aliphatic carbocycles. The zero-order chi connectivity index (χ0) is 25.4. The third-order valence-corrected chi connectivity index (χ3v) is 7.10. The van der Waals surface area contributed by atoms with Gasteiger partial charge in [-0.15, -0.1) is 0 Å². The number of epoxide rings is 1. The quantitative estimate of drug-likeness (QED) is 0.225. The lowest BCUT2D eigenvalue weighted by molar-refractivity contribution is -0.239. The van der Waals surface area contributed by atoms with Gasteiger partial charge in [0, 0.05) is 25.0 Å². The number of Topliss-reactive ketones (excluding diaryl/α,β-unsaturated/α-hetero) is 1. The second-order valence-electron chi connectivity index (χ2n) is 9.55. The van der Waals surface area contributed by atoms with E-state index in [1.165, 1.54) is 13.2 Å². The number of aldehydes is 1. The summed E-state index contributed by atoms with van der Waals surface area (Å²) >= 11 is 0. The highest BCUT2D eigenvalue weighted by Crippen LogP contribution is 2.50. The lowest BCUT2D eigenvalue weighted by Crippen LogP contribution is -2.55. The van der Waals surface area contributed by atoms with Gasteiger partial charge in [-0.2, -0.15) is 0 Å². The molecule has 9 heteroatoms. The number of aromatic hydroxyl groups is 2. The van der Waals surface area contributed by atoms with Crippen LogP contribution in [0, 0.1) is 11.8 Å². The van der Waals surface area contributed by atoms with E-state index >= 15 is 0 Å². The van der Waals surface area contributed by atoms with Crippen LogP contribution in [0.3, 0.4) is 0 Å². The summed E-state index contributed by atoms with van der Waals surface area (Å²) in [5, 5.41) is 42.7. The van der Waals surface area contributed by atoms with Crippen LogP contribution in [-0.4, -0.2) is 69.8 Å². The van der Waals surface area contributed by atoms with Crippen LogP contribution >= 0.6 is 0 Å². The average molecular weight is 481 g/mol. The Kier molecular flexibility index (Phi) is 8.04. The molecule has 4 N–H and O–H groups in total. The maximum Gasteiger partial charge on any atom is 0.189 e. The maximum absolute atomic E-state index is 13.7. The molecule has 2 aliphatic rings. The molecule has 7 unspecified atom stereocenters. The van der Waals surface area contributed by atoms with Gasteiger partial charge in [0.2, 0.25) is 0 Å². The van der Waals surface area contributed by atoms with Crippen molar-refractivity contribution in [2.75, 3.05) is 7.11 Å². The Balaban J connectivity index is 1.99. The minimum atomic E-state index is -1.40. The van der Waals surface area contributed by atoms with Gasteiger partial charge in [0.05, 0.1) is 35.5 Å². The van der Waals surface area contributed by atoms with E-state index in [-0.39, 0.29) is 35.1 Å². The van der Waals surface area contributed by atoms with Crippen molar-refractivity contribution in [3.63, 3.8) is 0 Å². The number of carbonyl (C=O) groups is 2. The summed E-state index contributed by atoms with van der Waals surface area (Å²) in [6.45, 7) is 7.49. The third kappa shape index (κ3) is 4.35. The summed E-state index contributed by atoms with van der Waals surface area (Å²) in [7, 11) is 1.46. The number of aliphatic hydroxyl groups excluding tert-OH is 2. The molecule has 2 aliphatic heterocycles. The van der Waals surface area contributed by atoms with E-state index in [0.29, 0.717) is 25.5 Å². The molecule has 1 spiro atoms. The number of methoxy groups -OCH3 is 1. The van der Waals surface area contributed by atoms with Crippen LogP contribution in [-0.2, 0) is 14.2 Å². The van der Waals surface area contributed by atoms with Crippen LogP contribution in [0.2, 0.25) is 0 Å². The van der Waals surface area contributed by atoms with Crippen LogP contribution in [0.15, 0.2) is 6.07 Å². The molecule has 1 aromatic carbocycles. The summed E-state index contributed by atoms with van der Waals surface area (Å²) in [6, 6.07) is 1.35. The van der Waals surface area contributed by atoms with Gasteiger partial charge in [-0.25, -0.2) is 0 Å². The average Bonchev–Trinajstić information content (AvgIpc) is 3.53. The van der Waals surface area contributed by atoms with Gasteiger partial charge in [0.1, 0.15) is 11.5 Å². The van der Waals surface area contributed by atoms with E-state index in [1.54, 1.807) is 0 Å². The molecule has 9 nitrogen and oxygen atoms in total. The standard InChI is InChI=1S/C25H36O9/c1-6-8-13(17-10-18(27)25(24(31)33-17)19(7-2)34-25)20(28)14-9-15(23(32-5)12(3)4)22(30)16(11-26)21(14)29/h9,11-13,17-19,23-24,27,29-31H,6-8,10H2,1-5H3. The number of phenolic OH excluding ortho intramolecular Hbond substituents is 2. The number of hydrogen-bond acceptors (Lipinski definition) is 9. The first-order valence-electron chi connectivity index (χ1n) is 11.9. The van der Waals surface area contributed by atoms with Crippen molar-refractivity contribution in [3.05, 3.63) is 22.8 Å². The van der Waals surface area contributed by atoms with E-state index in [0.717, 1.165) is 0 Å². The van der Waals surface area contributed by atoms with Gasteiger partial charge in [-0.05, 0) is 24.8 Å². The zero-order valence-electron chi connectivity index (χ0n) is 20.4. The van der Waals surface area contributed by atoms with Crippen molar-refractivity contribution < 1.29 is 44.2 Å². The fourth-order valence-electron chi connectivity index (χ4n) is 5.26. The van der Waals surface area contributed by atoms with Crippen molar-refractivity contribution >= 4 is 12.1 Å². The fraction of sp³-hybridized carbons (Fsp3) is 0.680. The molecule has 34 heavy (non-hydrogen) atoms. The highest BCUT2D eigenvalue weighted by molar-refractivity contribution is 6.04. The topological polar surface area (TPSA) is 146 Å². The number of ether oxygens (including phenoxy) is 3. The van der Waals surface area contributed by atoms with Crippen LogP contribution in [0.5, 0.6) is 11.5 Å². The Morgan fingerprint density at radius 2 is 1.94 bits per heavy atom. The maximum atomic E-state index is 13.7. The van der Waals surface area contributed by atoms with E-state index in [4.69, 9.17) is 14.2 Å². The lowest BCUT2D eigenvalue weighted by Gasteiger charge is -2.39. The number of rotatable bonds is 10. The molecule has 2 saturated heterocycles. The predicted octanol–water partition coefficient (Wildman–Crippen LogP) is 2.87. The Bertz CT molecular complexity index is 900. The first-order valence-corrected chi connectivity index (χ1v) is 11.9. The summed E-state index contributed by atoms with van der Waals surface area (Å²) in [5.41, 5.74) is -1.48. The van der Waals surface area contributed by atoms with E-state index in [1.807, 2.05) is 27.7 Å². The minimum Gasteiger partial charge on any atom is -0.507 e. The molecule has 2 heterocycles. The second-order valence-corrected chi connectivity index (χ2v) is 9.55. The molecular formula is C25H36O9. The lowest BCUT2D eigenvalue weighted by atomic mass is 9.80. The number of phenols is 2. The highest BCUT2D eigenvalue weighted by Gasteiger charge is 2.68. The normalized spacial score (nSPS) is 30.4. The van der Waals surface area contributed by atoms with Gasteiger partial charge >= 0.3 is 0 Å². The summed E-state index contributed by atoms with van der Waals surface area (Å²) in [4.78, 5) is 25.4. The largest absolute Gasteiger partial charge is 0.507 e. The molecule has 2 fully saturated rings. The van der Waals surface area contributed by atoms with Gasteiger partial charge in [-0.3, -0.25) is 9.59 Å². The fourth-order valence-corrected chi connectivity index (χ4v) is 5.26. The zero-order valence-corrected chi connectivity index (χ0v) is 20.4. The van der Waals surface area contributed by atoms with Crippen LogP contribution in [0.25, 0.3) is 0 Å². The van der Waals surface area contributed by atoms with Gasteiger partial charge < -0.3 is 34.6 Å². The molecule has 0 saturated carbocycles. The first-order chi connectivity index (χ1) is 16.1. The molecule has 0 bridgehead atoms. The minimum absolute atomic E-state index is 0.0723. The Hall–Kier alpha value is -2.04. The van der Waals surface area contributed by atoms with Crippen molar-refractivity contribution in [3.8, 4) is 11.5 Å².